The number of hydrogen-bond acceptors (Lipinski definition) is 2. The average Bonchev–Trinajstić information content (AvgIpc) is 2.60. The van der Waals surface area contributed by atoms with E-state index >= 15 is 0 Å². The fourth-order valence-corrected chi connectivity index (χ4v) is 1.97. The second-order valence-corrected chi connectivity index (χ2v) is 3.83. The van der Waals surface area contributed by atoms with Crippen LogP contribution in [0.15, 0.2) is 16.9 Å². The van der Waals surface area contributed by atoms with Crippen LogP contribution in [0.25, 0.3) is 11.1 Å². The largest absolute Gasteiger partial charge is 0.504 e. The molecule has 1 N–H and O–H groups in total. The van der Waals surface area contributed by atoms with E-state index in [1.54, 1.807) is 0 Å². The highest BCUT2D eigenvalue weighted by Crippen LogP contribution is 2.36. The summed E-state index contributed by atoms with van der Waals surface area (Å²) in [6.45, 7) is 5.94. The van der Waals surface area contributed by atoms with Gasteiger partial charge in [0.05, 0.1) is 5.56 Å². The van der Waals surface area contributed by atoms with Gasteiger partial charge in [0.15, 0.2) is 5.75 Å². The van der Waals surface area contributed by atoms with Gasteiger partial charge < -0.3 is 5.11 Å². The molecule has 2 rings (SSSR count). The zero-order chi connectivity index (χ0) is 10.5. The highest BCUT2D eigenvalue weighted by Gasteiger charge is 2.25. The molecule has 72 valence electrons. The summed E-state index contributed by atoms with van der Waals surface area (Å²) in [6.07, 6.45) is 0. The first kappa shape index (κ1) is 9.00. The molecule has 2 nitrogen and oxygen atoms in total. The molecule has 0 aliphatic carbocycles. The lowest BCUT2D eigenvalue weighted by Gasteiger charge is -2.06. The maximum absolute atomic E-state index is 11.1. The Balaban J connectivity index is 2.66. The number of benzene rings is 1. The second kappa shape index (κ2) is 2.71. The van der Waals surface area contributed by atoms with E-state index in [0.717, 1.165) is 16.7 Å². The number of rotatable bonds is 1. The summed E-state index contributed by atoms with van der Waals surface area (Å²) in [5.41, 5.74) is 4.47. The van der Waals surface area contributed by atoms with Crippen LogP contribution in [-0.4, -0.2) is 5.11 Å². The molecule has 0 spiro atoms. The van der Waals surface area contributed by atoms with Crippen LogP contribution in [0.2, 0.25) is 0 Å². The maximum Gasteiger partial charge on any atom is 0.232 e. The Hall–Kier alpha value is -1.57. The van der Waals surface area contributed by atoms with Crippen molar-refractivity contribution in [2.45, 2.75) is 20.8 Å². The van der Waals surface area contributed by atoms with Gasteiger partial charge in [-0.15, -0.1) is 0 Å². The van der Waals surface area contributed by atoms with E-state index in [4.69, 9.17) is 0 Å². The molecular formula is C12H12O2. The van der Waals surface area contributed by atoms with Crippen molar-refractivity contribution in [2.24, 2.45) is 0 Å². The van der Waals surface area contributed by atoms with Gasteiger partial charge in [-0.05, 0) is 37.5 Å². The van der Waals surface area contributed by atoms with Crippen molar-refractivity contribution in [3.63, 3.8) is 0 Å². The molecule has 0 unspecified atom stereocenters. The molecule has 0 saturated heterocycles. The smallest absolute Gasteiger partial charge is 0.232 e. The van der Waals surface area contributed by atoms with Crippen molar-refractivity contribution >= 4 is 0 Å². The van der Waals surface area contributed by atoms with Crippen LogP contribution in [0.4, 0.5) is 0 Å². The van der Waals surface area contributed by atoms with Crippen LogP contribution in [0, 0.1) is 20.8 Å². The van der Waals surface area contributed by atoms with E-state index in [-0.39, 0.29) is 11.2 Å². The van der Waals surface area contributed by atoms with E-state index in [1.807, 2.05) is 32.9 Å². The quantitative estimate of drug-likeness (QED) is 0.745. The van der Waals surface area contributed by atoms with Crippen LogP contribution in [0.3, 0.4) is 0 Å². The van der Waals surface area contributed by atoms with Crippen LogP contribution >= 0.6 is 0 Å². The van der Waals surface area contributed by atoms with E-state index in [2.05, 4.69) is 0 Å². The number of aromatic hydroxyl groups is 1. The molecular weight excluding hydrogens is 176 g/mol. The van der Waals surface area contributed by atoms with Crippen molar-refractivity contribution in [2.75, 3.05) is 0 Å². The molecule has 2 aromatic rings. The Morgan fingerprint density at radius 3 is 1.79 bits per heavy atom. The third kappa shape index (κ3) is 1.15. The molecule has 2 aromatic carbocycles. The molecule has 0 atom stereocenters. The monoisotopic (exact) mass is 188 g/mol. The lowest BCUT2D eigenvalue weighted by atomic mass is 9.98. The third-order valence-electron chi connectivity index (χ3n) is 2.54. The fourth-order valence-electron chi connectivity index (χ4n) is 1.97. The Bertz CT molecular complexity index is 491. The van der Waals surface area contributed by atoms with Crippen molar-refractivity contribution in [3.8, 4) is 16.9 Å². The van der Waals surface area contributed by atoms with Gasteiger partial charge in [-0.25, -0.2) is 0 Å². The number of aryl methyl sites for hydroxylation is 3. The summed E-state index contributed by atoms with van der Waals surface area (Å²) in [7, 11) is 0. The molecule has 0 radical (unpaired) electrons. The van der Waals surface area contributed by atoms with E-state index < -0.39 is 0 Å². The minimum absolute atomic E-state index is 0.0694. The minimum Gasteiger partial charge on any atom is -0.504 e. The van der Waals surface area contributed by atoms with Gasteiger partial charge in [0.2, 0.25) is 5.43 Å². The molecule has 0 amide bonds. The van der Waals surface area contributed by atoms with Gasteiger partial charge >= 0.3 is 0 Å². The summed E-state index contributed by atoms with van der Waals surface area (Å²) in [4.78, 5) is 11.1. The summed E-state index contributed by atoms with van der Waals surface area (Å²) in [5.74, 6) is -0.0694. The predicted molar refractivity (Wildman–Crippen MR) is 56.4 cm³/mol. The summed E-state index contributed by atoms with van der Waals surface area (Å²) in [6, 6.07) is 4.04. The Morgan fingerprint density at radius 1 is 1.00 bits per heavy atom. The molecule has 2 heteroatoms. The van der Waals surface area contributed by atoms with Gasteiger partial charge in [0, 0.05) is 0 Å². The van der Waals surface area contributed by atoms with Crippen LogP contribution in [0.5, 0.6) is 5.75 Å². The van der Waals surface area contributed by atoms with Crippen LogP contribution in [0.1, 0.15) is 16.7 Å². The Labute approximate surface area is 82.5 Å². The van der Waals surface area contributed by atoms with E-state index in [0.29, 0.717) is 5.56 Å². The van der Waals surface area contributed by atoms with Gasteiger partial charge in [-0.2, -0.15) is 0 Å². The standard InChI is InChI=1S/C12H12O2/c1-6-4-7(2)9(8(3)5-6)10-11(13)12(10)14/h4-5,13H,1-3H3. The lowest BCUT2D eigenvalue weighted by molar-refractivity contribution is 0.489. The predicted octanol–water partition coefficient (Wildman–Crippen LogP) is 2.22. The van der Waals surface area contributed by atoms with E-state index in [1.165, 1.54) is 5.56 Å². The summed E-state index contributed by atoms with van der Waals surface area (Å²) < 4.78 is 0. The lowest BCUT2D eigenvalue weighted by Crippen LogP contribution is -1.88. The van der Waals surface area contributed by atoms with Crippen LogP contribution < -0.4 is 5.43 Å². The number of hydrogen-bond donors (Lipinski definition) is 1. The molecule has 0 aliphatic heterocycles. The van der Waals surface area contributed by atoms with Crippen molar-refractivity contribution in [1.29, 1.82) is 0 Å². The highest BCUT2D eigenvalue weighted by molar-refractivity contribution is 5.84. The van der Waals surface area contributed by atoms with Gasteiger partial charge in [-0.3, -0.25) is 4.79 Å². The SMILES string of the molecule is Cc1cc(C)c(-c2c(O)c2=O)c(C)c1. The molecule has 0 saturated carbocycles. The first-order valence-electron chi connectivity index (χ1n) is 4.58. The molecule has 0 bridgehead atoms. The van der Waals surface area contributed by atoms with E-state index in [9.17, 15) is 9.90 Å². The molecule has 0 aliphatic rings. The normalized spacial score (nSPS) is 11.1. The van der Waals surface area contributed by atoms with Crippen molar-refractivity contribution in [3.05, 3.63) is 39.0 Å². The first-order valence-corrected chi connectivity index (χ1v) is 4.58. The highest BCUT2D eigenvalue weighted by atomic mass is 16.3. The Kier molecular flexibility index (Phi) is 1.74. The zero-order valence-corrected chi connectivity index (χ0v) is 8.51. The molecule has 0 fully saturated rings. The summed E-state index contributed by atoms with van der Waals surface area (Å²) >= 11 is 0. The molecule has 0 aromatic heterocycles. The maximum atomic E-state index is 11.1. The van der Waals surface area contributed by atoms with Crippen molar-refractivity contribution < 1.29 is 5.11 Å². The molecule has 14 heavy (non-hydrogen) atoms. The topological polar surface area (TPSA) is 37.3 Å². The second-order valence-electron chi connectivity index (χ2n) is 3.83. The van der Waals surface area contributed by atoms with Gasteiger partial charge in [0.25, 0.3) is 0 Å². The summed E-state index contributed by atoms with van der Waals surface area (Å²) in [5, 5.41) is 9.20. The minimum atomic E-state index is -0.208. The zero-order valence-electron chi connectivity index (χ0n) is 8.51. The van der Waals surface area contributed by atoms with Gasteiger partial charge in [-0.1, -0.05) is 17.7 Å². The van der Waals surface area contributed by atoms with Crippen LogP contribution in [-0.2, 0) is 0 Å². The van der Waals surface area contributed by atoms with Crippen molar-refractivity contribution in [1.82, 2.24) is 0 Å². The average molecular weight is 188 g/mol. The van der Waals surface area contributed by atoms with Gasteiger partial charge in [0.1, 0.15) is 0 Å². The first-order chi connectivity index (χ1) is 6.52. The third-order valence-corrected chi connectivity index (χ3v) is 2.54. The fraction of sp³-hybridized carbons (Fsp3) is 0.250. The Morgan fingerprint density at radius 2 is 1.43 bits per heavy atom. The molecule has 0 heterocycles.